The van der Waals surface area contributed by atoms with Crippen LogP contribution in [0, 0.1) is 0 Å². The van der Waals surface area contributed by atoms with Gasteiger partial charge in [0.15, 0.2) is 0 Å². The van der Waals surface area contributed by atoms with E-state index < -0.39 is 0 Å². The predicted molar refractivity (Wildman–Crippen MR) is 39.7 cm³/mol. The van der Waals surface area contributed by atoms with Crippen LogP contribution in [0.3, 0.4) is 0 Å². The molecule has 1 aromatic heterocycles. The first-order valence-corrected chi connectivity index (χ1v) is 3.19. The van der Waals surface area contributed by atoms with Gasteiger partial charge in [0.05, 0.1) is 5.70 Å². The summed E-state index contributed by atoms with van der Waals surface area (Å²) >= 11 is 0. The fourth-order valence-corrected chi connectivity index (χ4v) is 0.823. The van der Waals surface area contributed by atoms with Crippen LogP contribution in [-0.4, -0.2) is 14.8 Å². The molecule has 0 bridgehead atoms. The lowest BCUT2D eigenvalue weighted by Crippen LogP contribution is -2.24. The topological polar surface area (TPSA) is 54.8 Å². The minimum Gasteiger partial charge on any atom is -0.309 e. The van der Waals surface area contributed by atoms with Gasteiger partial charge >= 0.3 is 0 Å². The van der Waals surface area contributed by atoms with E-state index in [-0.39, 0.29) is 0 Å². The summed E-state index contributed by atoms with van der Waals surface area (Å²) in [5.41, 5.74) is 6.59. The van der Waals surface area contributed by atoms with Crippen molar-refractivity contribution < 1.29 is 0 Å². The fraction of sp³-hybridized carbons (Fsp3) is 0. The first-order chi connectivity index (χ1) is 5.47. The minimum atomic E-state index is 0.946. The van der Waals surface area contributed by atoms with Crippen molar-refractivity contribution >= 4 is 5.70 Å². The van der Waals surface area contributed by atoms with Crippen molar-refractivity contribution in [3.8, 4) is 0 Å². The summed E-state index contributed by atoms with van der Waals surface area (Å²) in [5, 5.41) is 3.96. The number of nitrogens with one attached hydrogen (secondary N) is 2. The molecule has 5 nitrogen and oxygen atoms in total. The highest BCUT2D eigenvalue weighted by atomic mass is 15.4. The summed E-state index contributed by atoms with van der Waals surface area (Å²) in [4.78, 5) is 3.83. The fourth-order valence-electron chi connectivity index (χ4n) is 0.823. The number of aromatic nitrogens is 3. The van der Waals surface area contributed by atoms with Gasteiger partial charge in [-0.25, -0.2) is 9.67 Å². The van der Waals surface area contributed by atoms with Crippen molar-refractivity contribution in [2.75, 3.05) is 0 Å². The highest BCUT2D eigenvalue weighted by Crippen LogP contribution is 2.02. The number of nitrogens with zero attached hydrogens (tertiary/aromatic N) is 3. The summed E-state index contributed by atoms with van der Waals surface area (Å²) in [6.45, 7) is 0. The molecule has 56 valence electrons. The monoisotopic (exact) mass is 149 g/mol. The van der Waals surface area contributed by atoms with Gasteiger partial charge in [-0.15, -0.1) is 0 Å². The third-order valence-electron chi connectivity index (χ3n) is 1.32. The van der Waals surface area contributed by atoms with E-state index in [1.807, 2.05) is 6.08 Å². The molecule has 0 radical (unpaired) electrons. The van der Waals surface area contributed by atoms with Crippen LogP contribution in [0.5, 0.6) is 0 Å². The van der Waals surface area contributed by atoms with Crippen LogP contribution in [-0.2, 0) is 0 Å². The number of rotatable bonds is 1. The largest absolute Gasteiger partial charge is 0.309 e. The quantitative estimate of drug-likeness (QED) is 0.575. The molecule has 0 saturated carbocycles. The molecule has 0 atom stereocenters. The van der Waals surface area contributed by atoms with Gasteiger partial charge in [-0.2, -0.15) is 5.10 Å². The maximum atomic E-state index is 3.96. The van der Waals surface area contributed by atoms with E-state index in [0.29, 0.717) is 0 Å². The Morgan fingerprint density at radius 3 is 3.00 bits per heavy atom. The summed E-state index contributed by atoms with van der Waals surface area (Å²) in [7, 11) is 0. The summed E-state index contributed by atoms with van der Waals surface area (Å²) < 4.78 is 1.67. The molecule has 0 spiro atoms. The van der Waals surface area contributed by atoms with Crippen molar-refractivity contribution in [1.82, 2.24) is 25.6 Å². The van der Waals surface area contributed by atoms with E-state index in [4.69, 9.17) is 0 Å². The van der Waals surface area contributed by atoms with Gasteiger partial charge in [0.2, 0.25) is 0 Å². The van der Waals surface area contributed by atoms with Crippen LogP contribution in [0.25, 0.3) is 5.70 Å². The molecule has 0 amide bonds. The second kappa shape index (κ2) is 2.45. The van der Waals surface area contributed by atoms with E-state index in [9.17, 15) is 0 Å². The second-order valence-corrected chi connectivity index (χ2v) is 2.03. The van der Waals surface area contributed by atoms with Crippen molar-refractivity contribution in [1.29, 1.82) is 0 Å². The Hall–Kier alpha value is -1.78. The van der Waals surface area contributed by atoms with Crippen molar-refractivity contribution in [2.24, 2.45) is 0 Å². The summed E-state index contributed by atoms with van der Waals surface area (Å²) in [6.07, 6.45) is 8.62. The first-order valence-electron chi connectivity index (χ1n) is 3.19. The zero-order valence-corrected chi connectivity index (χ0v) is 5.73. The van der Waals surface area contributed by atoms with E-state index in [1.165, 1.54) is 6.33 Å². The highest BCUT2D eigenvalue weighted by Gasteiger charge is 1.97. The molecule has 1 aromatic rings. The average molecular weight is 149 g/mol. The zero-order valence-electron chi connectivity index (χ0n) is 5.73. The van der Waals surface area contributed by atoms with Crippen LogP contribution >= 0.6 is 0 Å². The lowest BCUT2D eigenvalue weighted by atomic mass is 10.4. The molecule has 11 heavy (non-hydrogen) atoms. The number of hydrogen-bond acceptors (Lipinski definition) is 4. The molecule has 0 aliphatic carbocycles. The molecular weight excluding hydrogens is 142 g/mol. The van der Waals surface area contributed by atoms with Gasteiger partial charge in [-0.3, -0.25) is 0 Å². The summed E-state index contributed by atoms with van der Waals surface area (Å²) in [5.74, 6) is 0. The van der Waals surface area contributed by atoms with E-state index >= 15 is 0 Å². The lowest BCUT2D eigenvalue weighted by Gasteiger charge is -2.08. The van der Waals surface area contributed by atoms with Gasteiger partial charge in [0.25, 0.3) is 0 Å². The smallest absolute Gasteiger partial charge is 0.138 e. The Kier molecular flexibility index (Phi) is 1.33. The van der Waals surface area contributed by atoms with Crippen LogP contribution in [0.1, 0.15) is 0 Å². The molecule has 0 fully saturated rings. The number of allylic oxidation sites excluding steroid dienone is 2. The van der Waals surface area contributed by atoms with Gasteiger partial charge < -0.3 is 10.9 Å². The van der Waals surface area contributed by atoms with E-state index in [1.54, 1.807) is 23.4 Å². The van der Waals surface area contributed by atoms with Crippen molar-refractivity contribution in [2.45, 2.75) is 0 Å². The third kappa shape index (κ3) is 1.07. The van der Waals surface area contributed by atoms with Gasteiger partial charge in [0, 0.05) is 12.4 Å². The molecule has 0 saturated heterocycles. The molecule has 5 heteroatoms. The Labute approximate surface area is 63.4 Å². The molecule has 0 unspecified atom stereocenters. The van der Waals surface area contributed by atoms with Crippen LogP contribution in [0.15, 0.2) is 31.1 Å². The van der Waals surface area contributed by atoms with Gasteiger partial charge in [-0.05, 0) is 6.08 Å². The maximum Gasteiger partial charge on any atom is 0.138 e. The zero-order chi connectivity index (χ0) is 7.52. The molecule has 1 aliphatic heterocycles. The third-order valence-corrected chi connectivity index (χ3v) is 1.32. The van der Waals surface area contributed by atoms with E-state index in [2.05, 4.69) is 20.9 Å². The second-order valence-electron chi connectivity index (χ2n) is 2.03. The van der Waals surface area contributed by atoms with Gasteiger partial charge in [-0.1, -0.05) is 0 Å². The minimum absolute atomic E-state index is 0.946. The standard InChI is InChI=1S/C6H7N5/c1-2-8-9-3-6(1)11-5-7-4-10-11/h1-5,8-9H. The molecule has 0 aromatic carbocycles. The van der Waals surface area contributed by atoms with Gasteiger partial charge in [0.1, 0.15) is 12.7 Å². The Balaban J connectivity index is 2.29. The van der Waals surface area contributed by atoms with Crippen molar-refractivity contribution in [3.63, 3.8) is 0 Å². The van der Waals surface area contributed by atoms with E-state index in [0.717, 1.165) is 5.70 Å². The summed E-state index contributed by atoms with van der Waals surface area (Å²) in [6, 6.07) is 0. The number of hydrazine groups is 1. The normalized spacial score (nSPS) is 15.1. The number of hydrogen-bond donors (Lipinski definition) is 2. The predicted octanol–water partition coefficient (Wildman–Crippen LogP) is -0.302. The molecule has 2 heterocycles. The Morgan fingerprint density at radius 2 is 2.36 bits per heavy atom. The molecule has 2 rings (SSSR count). The Morgan fingerprint density at radius 1 is 1.36 bits per heavy atom. The SMILES string of the molecule is C1=CC(n2cncn2)=CNN1. The van der Waals surface area contributed by atoms with Crippen LogP contribution in [0.4, 0.5) is 0 Å². The van der Waals surface area contributed by atoms with Crippen LogP contribution < -0.4 is 10.9 Å². The average Bonchev–Trinajstić information content (AvgIpc) is 2.58. The first kappa shape index (κ1) is 5.96. The van der Waals surface area contributed by atoms with Crippen molar-refractivity contribution in [3.05, 3.63) is 31.1 Å². The molecular formula is C6H7N5. The maximum absolute atomic E-state index is 3.96. The van der Waals surface area contributed by atoms with Crippen LogP contribution in [0.2, 0.25) is 0 Å². The highest BCUT2D eigenvalue weighted by molar-refractivity contribution is 5.55. The molecule has 2 N–H and O–H groups in total. The lowest BCUT2D eigenvalue weighted by molar-refractivity contribution is 0.753. The molecule has 1 aliphatic rings. The Bertz CT molecular complexity index is 284.